The van der Waals surface area contributed by atoms with Crippen LogP contribution in [0.15, 0.2) is 18.2 Å². The van der Waals surface area contributed by atoms with Crippen molar-refractivity contribution >= 4 is 0 Å². The second kappa shape index (κ2) is 5.50. The van der Waals surface area contributed by atoms with Crippen molar-refractivity contribution in [2.45, 2.75) is 64.0 Å². The highest BCUT2D eigenvalue weighted by atomic mass is 15.2. The molecule has 0 bridgehead atoms. The van der Waals surface area contributed by atoms with Crippen molar-refractivity contribution in [1.82, 2.24) is 4.90 Å². The Hall–Kier alpha value is -0.860. The number of nitrogens with two attached hydrogens (primary N) is 1. The number of rotatable bonds is 3. The molecule has 2 fully saturated rings. The fourth-order valence-corrected chi connectivity index (χ4v) is 4.24. The summed E-state index contributed by atoms with van der Waals surface area (Å²) in [4.78, 5) is 2.71. The molecule has 3 rings (SSSR count). The van der Waals surface area contributed by atoms with E-state index in [0.29, 0.717) is 0 Å². The minimum atomic E-state index is 0.169. The lowest BCUT2D eigenvalue weighted by Crippen LogP contribution is -2.52. The second-order valence-electron chi connectivity index (χ2n) is 6.83. The van der Waals surface area contributed by atoms with Gasteiger partial charge in [0.2, 0.25) is 0 Å². The van der Waals surface area contributed by atoms with Crippen LogP contribution in [0, 0.1) is 13.8 Å². The average Bonchev–Trinajstić information content (AvgIpc) is 3.12. The van der Waals surface area contributed by atoms with Crippen molar-refractivity contribution in [2.24, 2.45) is 5.73 Å². The van der Waals surface area contributed by atoms with Crippen LogP contribution < -0.4 is 5.73 Å². The van der Waals surface area contributed by atoms with Crippen LogP contribution in [0.3, 0.4) is 0 Å². The number of aryl methyl sites for hydroxylation is 2. The van der Waals surface area contributed by atoms with Gasteiger partial charge >= 0.3 is 0 Å². The summed E-state index contributed by atoms with van der Waals surface area (Å²) in [5, 5.41) is 0. The van der Waals surface area contributed by atoms with E-state index in [9.17, 15) is 0 Å². The molecular formula is C18H28N2. The minimum absolute atomic E-state index is 0.169. The number of hydrogen-bond donors (Lipinski definition) is 1. The van der Waals surface area contributed by atoms with Crippen molar-refractivity contribution < 1.29 is 0 Å². The third-order valence-corrected chi connectivity index (χ3v) is 5.67. The molecule has 2 nitrogen and oxygen atoms in total. The second-order valence-corrected chi connectivity index (χ2v) is 6.83. The maximum atomic E-state index is 6.79. The highest BCUT2D eigenvalue weighted by Crippen LogP contribution is 2.44. The van der Waals surface area contributed by atoms with Gasteiger partial charge in [-0.15, -0.1) is 0 Å². The summed E-state index contributed by atoms with van der Waals surface area (Å²) in [7, 11) is 0. The zero-order chi connectivity index (χ0) is 14.2. The topological polar surface area (TPSA) is 29.3 Å². The minimum Gasteiger partial charge on any atom is -0.322 e. The van der Waals surface area contributed by atoms with Crippen LogP contribution in [0.2, 0.25) is 0 Å². The van der Waals surface area contributed by atoms with E-state index < -0.39 is 0 Å². The highest BCUT2D eigenvalue weighted by Gasteiger charge is 2.45. The van der Waals surface area contributed by atoms with E-state index in [4.69, 9.17) is 5.73 Å². The first kappa shape index (κ1) is 14.1. The van der Waals surface area contributed by atoms with Crippen LogP contribution in [0.1, 0.15) is 61.3 Å². The van der Waals surface area contributed by atoms with E-state index in [-0.39, 0.29) is 11.6 Å². The quantitative estimate of drug-likeness (QED) is 0.909. The third kappa shape index (κ3) is 2.29. The molecule has 1 aromatic rings. The van der Waals surface area contributed by atoms with E-state index in [1.807, 2.05) is 0 Å². The van der Waals surface area contributed by atoms with Crippen LogP contribution in [0.5, 0.6) is 0 Å². The smallest absolute Gasteiger partial charge is 0.0482 e. The predicted molar refractivity (Wildman–Crippen MR) is 84.9 cm³/mol. The first-order valence-corrected chi connectivity index (χ1v) is 8.21. The van der Waals surface area contributed by atoms with Crippen molar-refractivity contribution in [3.05, 3.63) is 34.9 Å². The Balaban J connectivity index is 1.92. The summed E-state index contributed by atoms with van der Waals surface area (Å²) in [6.45, 7) is 6.87. The number of likely N-dealkylation sites (tertiary alicyclic amines) is 1. The van der Waals surface area contributed by atoms with Gasteiger partial charge in [0.15, 0.2) is 0 Å². The Morgan fingerprint density at radius 2 is 1.65 bits per heavy atom. The fourth-order valence-electron chi connectivity index (χ4n) is 4.24. The molecule has 1 aliphatic heterocycles. The van der Waals surface area contributed by atoms with Gasteiger partial charge in [-0.05, 0) is 69.3 Å². The highest BCUT2D eigenvalue weighted by molar-refractivity contribution is 5.33. The molecule has 2 N–H and O–H groups in total. The van der Waals surface area contributed by atoms with Gasteiger partial charge in [0.25, 0.3) is 0 Å². The zero-order valence-electron chi connectivity index (χ0n) is 13.0. The lowest BCUT2D eigenvalue weighted by molar-refractivity contribution is 0.0922. The maximum Gasteiger partial charge on any atom is 0.0482 e. The molecule has 0 radical (unpaired) electrons. The summed E-state index contributed by atoms with van der Waals surface area (Å²) < 4.78 is 0. The van der Waals surface area contributed by atoms with Crippen molar-refractivity contribution in [2.75, 3.05) is 13.1 Å². The molecule has 20 heavy (non-hydrogen) atoms. The van der Waals surface area contributed by atoms with Crippen LogP contribution in [-0.4, -0.2) is 23.5 Å². The molecule has 2 aliphatic rings. The van der Waals surface area contributed by atoms with Crippen LogP contribution in [0.25, 0.3) is 0 Å². The molecule has 0 aromatic heterocycles. The molecule has 1 saturated carbocycles. The van der Waals surface area contributed by atoms with Crippen LogP contribution in [-0.2, 0) is 0 Å². The molecule has 1 aromatic carbocycles. The molecule has 0 amide bonds. The van der Waals surface area contributed by atoms with Crippen LogP contribution in [0.4, 0.5) is 0 Å². The normalized spacial score (nSPS) is 24.1. The SMILES string of the molecule is Cc1ccc(C(N)C2(N3CCCC3)CCCC2)cc1C. The Labute approximate surface area is 123 Å². The molecule has 1 atom stereocenters. The first-order chi connectivity index (χ1) is 9.63. The van der Waals surface area contributed by atoms with Gasteiger partial charge in [0, 0.05) is 11.6 Å². The van der Waals surface area contributed by atoms with E-state index in [1.165, 1.54) is 68.3 Å². The maximum absolute atomic E-state index is 6.79. The largest absolute Gasteiger partial charge is 0.322 e. The summed E-state index contributed by atoms with van der Waals surface area (Å²) in [6, 6.07) is 6.97. The summed E-state index contributed by atoms with van der Waals surface area (Å²) in [5.41, 5.74) is 11.1. The molecule has 1 heterocycles. The summed E-state index contributed by atoms with van der Waals surface area (Å²) in [5.74, 6) is 0. The van der Waals surface area contributed by atoms with Gasteiger partial charge in [-0.25, -0.2) is 0 Å². The monoisotopic (exact) mass is 272 g/mol. The Kier molecular flexibility index (Phi) is 3.87. The fraction of sp³-hybridized carbons (Fsp3) is 0.667. The molecule has 0 spiro atoms. The van der Waals surface area contributed by atoms with Gasteiger partial charge in [-0.2, -0.15) is 0 Å². The Morgan fingerprint density at radius 1 is 1.00 bits per heavy atom. The number of hydrogen-bond acceptors (Lipinski definition) is 2. The number of nitrogens with zero attached hydrogens (tertiary/aromatic N) is 1. The van der Waals surface area contributed by atoms with Crippen LogP contribution >= 0.6 is 0 Å². The molecule has 1 saturated heterocycles. The lowest BCUT2D eigenvalue weighted by Gasteiger charge is -2.44. The lowest BCUT2D eigenvalue weighted by atomic mass is 9.82. The summed E-state index contributed by atoms with van der Waals surface area (Å²) in [6.07, 6.45) is 7.94. The van der Waals surface area contributed by atoms with E-state index in [0.717, 1.165) is 0 Å². The average molecular weight is 272 g/mol. The molecular weight excluding hydrogens is 244 g/mol. The van der Waals surface area contributed by atoms with Crippen molar-refractivity contribution in [1.29, 1.82) is 0 Å². The van der Waals surface area contributed by atoms with E-state index in [2.05, 4.69) is 36.9 Å². The van der Waals surface area contributed by atoms with E-state index >= 15 is 0 Å². The molecule has 1 aliphatic carbocycles. The van der Waals surface area contributed by atoms with Gasteiger partial charge in [-0.3, -0.25) is 4.90 Å². The van der Waals surface area contributed by atoms with E-state index in [1.54, 1.807) is 0 Å². The third-order valence-electron chi connectivity index (χ3n) is 5.67. The first-order valence-electron chi connectivity index (χ1n) is 8.21. The van der Waals surface area contributed by atoms with Crippen molar-refractivity contribution in [3.63, 3.8) is 0 Å². The number of benzene rings is 1. The predicted octanol–water partition coefficient (Wildman–Crippen LogP) is 3.71. The molecule has 1 unspecified atom stereocenters. The molecule has 2 heteroatoms. The Bertz CT molecular complexity index is 468. The van der Waals surface area contributed by atoms with Gasteiger partial charge in [0.05, 0.1) is 0 Å². The zero-order valence-corrected chi connectivity index (χ0v) is 13.0. The van der Waals surface area contributed by atoms with Gasteiger partial charge in [-0.1, -0.05) is 31.0 Å². The van der Waals surface area contributed by atoms with Gasteiger partial charge in [0.1, 0.15) is 0 Å². The Morgan fingerprint density at radius 3 is 2.25 bits per heavy atom. The van der Waals surface area contributed by atoms with Gasteiger partial charge < -0.3 is 5.73 Å². The molecule has 110 valence electrons. The summed E-state index contributed by atoms with van der Waals surface area (Å²) >= 11 is 0. The standard InChI is InChI=1S/C18H28N2/c1-14-7-8-16(13-15(14)2)17(19)18(9-3-4-10-18)20-11-5-6-12-20/h7-8,13,17H,3-6,9-12,19H2,1-2H3. The van der Waals surface area contributed by atoms with Crippen molar-refractivity contribution in [3.8, 4) is 0 Å².